The first-order valence-electron chi connectivity index (χ1n) is 6.57. The Hall–Kier alpha value is -1.72. The van der Waals surface area contributed by atoms with Gasteiger partial charge in [-0.25, -0.2) is 0 Å². The maximum atomic E-state index is 8.92. The lowest BCUT2D eigenvalue weighted by atomic mass is 10.0. The van der Waals surface area contributed by atoms with Gasteiger partial charge in [-0.05, 0) is 47.6 Å². The predicted molar refractivity (Wildman–Crippen MR) is 82.2 cm³/mol. The van der Waals surface area contributed by atoms with E-state index in [0.717, 1.165) is 11.1 Å². The molecule has 0 fully saturated rings. The highest BCUT2D eigenvalue weighted by Crippen LogP contribution is 2.25. The zero-order chi connectivity index (χ0) is 13.5. The molecule has 0 saturated heterocycles. The Morgan fingerprint density at radius 3 is 2.53 bits per heavy atom. The van der Waals surface area contributed by atoms with Gasteiger partial charge in [-0.15, -0.1) is 11.8 Å². The van der Waals surface area contributed by atoms with Gasteiger partial charge >= 0.3 is 0 Å². The van der Waals surface area contributed by atoms with Crippen molar-refractivity contribution in [2.75, 3.05) is 5.75 Å². The Morgan fingerprint density at radius 1 is 1.05 bits per heavy atom. The van der Waals surface area contributed by atoms with Crippen molar-refractivity contribution in [2.24, 2.45) is 0 Å². The minimum absolute atomic E-state index is 0.707. The van der Waals surface area contributed by atoms with Crippen LogP contribution in [0.1, 0.15) is 25.3 Å². The van der Waals surface area contributed by atoms with E-state index in [9.17, 15) is 0 Å². The average molecular weight is 267 g/mol. The highest BCUT2D eigenvalue weighted by Gasteiger charge is 2.00. The molecule has 0 radical (unpaired) electrons. The van der Waals surface area contributed by atoms with Crippen LogP contribution in [0.25, 0.3) is 11.1 Å². The summed E-state index contributed by atoms with van der Waals surface area (Å²) in [5, 5.41) is 8.92. The molecule has 0 saturated carbocycles. The number of rotatable bonds is 5. The summed E-state index contributed by atoms with van der Waals surface area (Å²) in [4.78, 5) is 1.31. The summed E-state index contributed by atoms with van der Waals surface area (Å²) in [7, 11) is 0. The smallest absolute Gasteiger partial charge is 0.0991 e. The van der Waals surface area contributed by atoms with Crippen LogP contribution in [0.2, 0.25) is 0 Å². The fourth-order valence-corrected chi connectivity index (χ4v) is 2.84. The lowest BCUT2D eigenvalue weighted by Crippen LogP contribution is -1.82. The van der Waals surface area contributed by atoms with Gasteiger partial charge in [-0.1, -0.05) is 37.6 Å². The third-order valence-corrected chi connectivity index (χ3v) is 4.04. The van der Waals surface area contributed by atoms with Crippen LogP contribution in [0.5, 0.6) is 0 Å². The fraction of sp³-hybridized carbons (Fsp3) is 0.235. The Balaban J connectivity index is 2.11. The van der Waals surface area contributed by atoms with E-state index in [2.05, 4.69) is 37.3 Å². The summed E-state index contributed by atoms with van der Waals surface area (Å²) in [5.74, 6) is 1.18. The van der Waals surface area contributed by atoms with Gasteiger partial charge in [0.15, 0.2) is 0 Å². The molecule has 0 atom stereocenters. The van der Waals surface area contributed by atoms with Gasteiger partial charge in [0.25, 0.3) is 0 Å². The Morgan fingerprint density at radius 2 is 1.84 bits per heavy atom. The number of thioether (sulfide) groups is 1. The Kier molecular flexibility index (Phi) is 5.06. The van der Waals surface area contributed by atoms with Crippen molar-refractivity contribution in [3.05, 3.63) is 54.1 Å². The van der Waals surface area contributed by atoms with Crippen molar-refractivity contribution in [2.45, 2.75) is 24.7 Å². The van der Waals surface area contributed by atoms with E-state index < -0.39 is 0 Å². The summed E-state index contributed by atoms with van der Waals surface area (Å²) in [6, 6.07) is 18.5. The molecule has 0 heterocycles. The number of nitriles is 1. The molecule has 0 amide bonds. The lowest BCUT2D eigenvalue weighted by Gasteiger charge is -2.04. The van der Waals surface area contributed by atoms with E-state index in [-0.39, 0.29) is 0 Å². The maximum Gasteiger partial charge on any atom is 0.0991 e. The van der Waals surface area contributed by atoms with Crippen LogP contribution in [-0.4, -0.2) is 5.75 Å². The standard InChI is InChI=1S/C17H17NS/c1-2-3-11-19-17-9-7-15(8-10-17)16-6-4-5-14(12-16)13-18/h4-10,12H,2-3,11H2,1H3. The molecule has 1 nitrogen and oxygen atoms in total. The molecule has 96 valence electrons. The molecule has 0 aliphatic heterocycles. The van der Waals surface area contributed by atoms with Gasteiger partial charge in [0.2, 0.25) is 0 Å². The number of benzene rings is 2. The van der Waals surface area contributed by atoms with Crippen molar-refractivity contribution in [1.82, 2.24) is 0 Å². The van der Waals surface area contributed by atoms with Crippen LogP contribution < -0.4 is 0 Å². The highest BCUT2D eigenvalue weighted by molar-refractivity contribution is 7.99. The normalized spacial score (nSPS) is 10.1. The molecule has 2 heteroatoms. The molecular weight excluding hydrogens is 250 g/mol. The Labute approximate surface area is 119 Å². The van der Waals surface area contributed by atoms with Crippen molar-refractivity contribution in [3.8, 4) is 17.2 Å². The minimum Gasteiger partial charge on any atom is -0.192 e. The van der Waals surface area contributed by atoms with Crippen LogP contribution in [0.4, 0.5) is 0 Å². The highest BCUT2D eigenvalue weighted by atomic mass is 32.2. The second-order valence-corrected chi connectivity index (χ2v) is 5.59. The molecule has 19 heavy (non-hydrogen) atoms. The zero-order valence-corrected chi connectivity index (χ0v) is 11.9. The molecule has 0 spiro atoms. The first kappa shape index (κ1) is 13.7. The van der Waals surface area contributed by atoms with E-state index in [4.69, 9.17) is 5.26 Å². The third-order valence-electron chi connectivity index (χ3n) is 2.95. The summed E-state index contributed by atoms with van der Waals surface area (Å²) >= 11 is 1.90. The molecule has 0 aliphatic rings. The maximum absolute atomic E-state index is 8.92. The summed E-state index contributed by atoms with van der Waals surface area (Å²) < 4.78 is 0. The molecule has 2 aromatic rings. The summed E-state index contributed by atoms with van der Waals surface area (Å²) in [5.41, 5.74) is 2.97. The van der Waals surface area contributed by atoms with E-state index >= 15 is 0 Å². The van der Waals surface area contributed by atoms with E-state index in [1.165, 1.54) is 23.5 Å². The molecule has 0 aliphatic carbocycles. The van der Waals surface area contributed by atoms with Crippen LogP contribution in [0.3, 0.4) is 0 Å². The second kappa shape index (κ2) is 7.01. The topological polar surface area (TPSA) is 23.8 Å². The molecule has 0 N–H and O–H groups in total. The van der Waals surface area contributed by atoms with Crippen molar-refractivity contribution in [1.29, 1.82) is 5.26 Å². The number of hydrogen-bond acceptors (Lipinski definition) is 2. The van der Waals surface area contributed by atoms with Gasteiger partial charge in [0.1, 0.15) is 0 Å². The average Bonchev–Trinajstić information content (AvgIpc) is 2.48. The molecule has 0 unspecified atom stereocenters. The molecule has 0 bridgehead atoms. The first-order chi connectivity index (χ1) is 9.33. The third kappa shape index (κ3) is 3.87. The first-order valence-corrected chi connectivity index (χ1v) is 7.55. The fourth-order valence-electron chi connectivity index (χ4n) is 1.85. The molecule has 2 rings (SSSR count). The van der Waals surface area contributed by atoms with Gasteiger partial charge in [-0.3, -0.25) is 0 Å². The zero-order valence-electron chi connectivity index (χ0n) is 11.1. The lowest BCUT2D eigenvalue weighted by molar-refractivity contribution is 0.896. The van der Waals surface area contributed by atoms with Gasteiger partial charge in [0, 0.05) is 4.90 Å². The van der Waals surface area contributed by atoms with Crippen LogP contribution in [0.15, 0.2) is 53.4 Å². The molecule has 2 aromatic carbocycles. The molecular formula is C17H17NS. The van der Waals surface area contributed by atoms with E-state index in [0.29, 0.717) is 5.56 Å². The second-order valence-electron chi connectivity index (χ2n) is 4.42. The van der Waals surface area contributed by atoms with Gasteiger partial charge in [0.05, 0.1) is 11.6 Å². The monoisotopic (exact) mass is 267 g/mol. The van der Waals surface area contributed by atoms with Gasteiger partial charge < -0.3 is 0 Å². The van der Waals surface area contributed by atoms with Crippen molar-refractivity contribution in [3.63, 3.8) is 0 Å². The van der Waals surface area contributed by atoms with Gasteiger partial charge in [-0.2, -0.15) is 5.26 Å². The predicted octanol–water partition coefficient (Wildman–Crippen LogP) is 5.12. The number of unbranched alkanes of at least 4 members (excludes halogenated alkanes) is 1. The van der Waals surface area contributed by atoms with E-state index in [1.807, 2.05) is 36.0 Å². The SMILES string of the molecule is CCCCSc1ccc(-c2cccc(C#N)c2)cc1. The molecule has 0 aromatic heterocycles. The Bertz CT molecular complexity index is 567. The largest absolute Gasteiger partial charge is 0.192 e. The van der Waals surface area contributed by atoms with E-state index in [1.54, 1.807) is 0 Å². The summed E-state index contributed by atoms with van der Waals surface area (Å²) in [6.07, 6.45) is 2.50. The quantitative estimate of drug-likeness (QED) is 0.554. The van der Waals surface area contributed by atoms with Crippen LogP contribution in [0, 0.1) is 11.3 Å². The van der Waals surface area contributed by atoms with Crippen molar-refractivity contribution < 1.29 is 0 Å². The van der Waals surface area contributed by atoms with Crippen LogP contribution >= 0.6 is 11.8 Å². The summed E-state index contributed by atoms with van der Waals surface area (Å²) in [6.45, 7) is 2.21. The minimum atomic E-state index is 0.707. The number of nitrogens with zero attached hydrogens (tertiary/aromatic N) is 1. The van der Waals surface area contributed by atoms with Crippen molar-refractivity contribution >= 4 is 11.8 Å². The van der Waals surface area contributed by atoms with Crippen LogP contribution in [-0.2, 0) is 0 Å². The number of hydrogen-bond donors (Lipinski definition) is 0.